The van der Waals surface area contributed by atoms with Gasteiger partial charge in [0.15, 0.2) is 13.2 Å². The summed E-state index contributed by atoms with van der Waals surface area (Å²) in [4.78, 5) is 25.2. The van der Waals surface area contributed by atoms with Gasteiger partial charge in [-0.15, -0.1) is 0 Å². The summed E-state index contributed by atoms with van der Waals surface area (Å²) in [6.45, 7) is 3.65. The normalized spacial score (nSPS) is 17.7. The van der Waals surface area contributed by atoms with Gasteiger partial charge in [-0.3, -0.25) is 9.59 Å². The topological polar surface area (TPSA) is 76.7 Å². The number of hydrogen-bond donors (Lipinski definition) is 2. The number of ether oxygens (including phenoxy) is 2. The van der Waals surface area contributed by atoms with Crippen molar-refractivity contribution in [1.82, 2.24) is 10.6 Å². The van der Waals surface area contributed by atoms with E-state index in [0.29, 0.717) is 11.5 Å². The summed E-state index contributed by atoms with van der Waals surface area (Å²) < 4.78 is 15.0. The number of aryl methyl sites for hydroxylation is 2. The molecule has 0 aromatic heterocycles. The molecule has 1 saturated carbocycles. The van der Waals surface area contributed by atoms with Gasteiger partial charge in [-0.05, 0) is 93.9 Å². The van der Waals surface area contributed by atoms with Crippen LogP contribution in [-0.4, -0.2) is 37.1 Å². The zero-order valence-electron chi connectivity index (χ0n) is 18.9. The Hall–Kier alpha value is -1.10. The molecule has 2 atom stereocenters. The molecule has 2 amide bonds. The molecule has 0 saturated heterocycles. The highest BCUT2D eigenvalue weighted by Crippen LogP contribution is 2.33. The minimum atomic E-state index is -0.217. The second-order valence-corrected chi connectivity index (χ2v) is 11.8. The Balaban J connectivity index is 1.53. The summed E-state index contributed by atoms with van der Waals surface area (Å²) in [5.41, 5.74) is 1.84. The summed E-state index contributed by atoms with van der Waals surface area (Å²) in [6.07, 6.45) is 3.60. The van der Waals surface area contributed by atoms with Gasteiger partial charge in [0.2, 0.25) is 0 Å². The number of rotatable bonds is 8. The van der Waals surface area contributed by atoms with Crippen LogP contribution in [-0.2, 0) is 9.59 Å². The predicted octanol–water partition coefficient (Wildman–Crippen LogP) is 6.35. The molecule has 0 heterocycles. The molecule has 0 radical (unpaired) electrons. The van der Waals surface area contributed by atoms with Crippen molar-refractivity contribution in [3.63, 3.8) is 0 Å². The van der Waals surface area contributed by atoms with Crippen LogP contribution < -0.4 is 20.1 Å². The Morgan fingerprint density at radius 1 is 0.765 bits per heavy atom. The quantitative estimate of drug-likeness (QED) is 0.333. The number of hydrogen-bond acceptors (Lipinski definition) is 4. The molecule has 2 aromatic rings. The van der Waals surface area contributed by atoms with Crippen LogP contribution in [0.5, 0.6) is 11.5 Å². The molecular weight excluding hydrogens is 700 g/mol. The maximum atomic E-state index is 12.6. The Morgan fingerprint density at radius 2 is 1.15 bits per heavy atom. The maximum absolute atomic E-state index is 12.6. The molecule has 6 nitrogen and oxygen atoms in total. The van der Waals surface area contributed by atoms with Gasteiger partial charge >= 0.3 is 0 Å². The molecule has 0 bridgehead atoms. The molecule has 2 N–H and O–H groups in total. The van der Waals surface area contributed by atoms with Crippen molar-refractivity contribution in [3.8, 4) is 11.5 Å². The molecule has 2 aromatic carbocycles. The Kier molecular flexibility index (Phi) is 10.3. The fourth-order valence-corrected chi connectivity index (χ4v) is 7.10. The van der Waals surface area contributed by atoms with E-state index in [1.165, 1.54) is 0 Å². The van der Waals surface area contributed by atoms with Crippen LogP contribution in [0.4, 0.5) is 0 Å². The van der Waals surface area contributed by atoms with Crippen molar-refractivity contribution in [2.24, 2.45) is 0 Å². The minimum Gasteiger partial charge on any atom is -0.482 e. The lowest BCUT2D eigenvalue weighted by atomic mass is 9.90. The summed E-state index contributed by atoms with van der Waals surface area (Å²) in [7, 11) is 0. The van der Waals surface area contributed by atoms with E-state index in [1.807, 2.05) is 38.1 Å². The number of carbonyl (C=O) groups is 2. The smallest absolute Gasteiger partial charge is 0.258 e. The molecule has 184 valence electrons. The molecular formula is C24H26Br4N2O4. The summed E-state index contributed by atoms with van der Waals surface area (Å²) >= 11 is 13.8. The highest BCUT2D eigenvalue weighted by Gasteiger charge is 2.28. The van der Waals surface area contributed by atoms with E-state index in [-0.39, 0.29) is 37.1 Å². The standard InChI is InChI=1S/C24H26Br4N2O4/c1-13-7-15(25)9-17(27)23(13)33-11-21(31)29-19-5-3-4-6-20(19)30-22(32)12-34-24-14(2)8-16(26)10-18(24)28/h7-10,19-20H,3-6,11-12H2,1-2H3,(H,29,31)(H,30,32). The van der Waals surface area contributed by atoms with Gasteiger partial charge in [0, 0.05) is 21.0 Å². The zero-order chi connectivity index (χ0) is 24.8. The van der Waals surface area contributed by atoms with Gasteiger partial charge in [-0.25, -0.2) is 0 Å². The highest BCUT2D eigenvalue weighted by atomic mass is 79.9. The monoisotopic (exact) mass is 722 g/mol. The number of carbonyl (C=O) groups excluding carboxylic acids is 2. The third kappa shape index (κ3) is 7.70. The fraction of sp³-hybridized carbons (Fsp3) is 0.417. The van der Waals surface area contributed by atoms with E-state index in [2.05, 4.69) is 74.4 Å². The number of halogens is 4. The van der Waals surface area contributed by atoms with Crippen LogP contribution in [0.25, 0.3) is 0 Å². The van der Waals surface area contributed by atoms with E-state index in [1.54, 1.807) is 0 Å². The molecule has 3 rings (SSSR count). The van der Waals surface area contributed by atoms with Crippen molar-refractivity contribution in [2.75, 3.05) is 13.2 Å². The molecule has 10 heteroatoms. The van der Waals surface area contributed by atoms with Crippen LogP contribution in [0.2, 0.25) is 0 Å². The first kappa shape index (κ1) is 27.5. The fourth-order valence-electron chi connectivity index (χ4n) is 3.99. The Morgan fingerprint density at radius 3 is 1.50 bits per heavy atom. The van der Waals surface area contributed by atoms with Gasteiger partial charge in [-0.1, -0.05) is 44.7 Å². The van der Waals surface area contributed by atoms with Gasteiger partial charge < -0.3 is 20.1 Å². The number of benzene rings is 2. The Labute approximate surface area is 233 Å². The van der Waals surface area contributed by atoms with Crippen LogP contribution in [0, 0.1) is 13.8 Å². The first-order valence-corrected chi connectivity index (χ1v) is 14.1. The molecule has 1 aliphatic carbocycles. The lowest BCUT2D eigenvalue weighted by Gasteiger charge is -2.32. The van der Waals surface area contributed by atoms with Crippen molar-refractivity contribution in [2.45, 2.75) is 51.6 Å². The zero-order valence-corrected chi connectivity index (χ0v) is 25.2. The Bertz CT molecular complexity index is 934. The predicted molar refractivity (Wildman–Crippen MR) is 146 cm³/mol. The summed E-state index contributed by atoms with van der Waals surface area (Å²) in [5, 5.41) is 6.07. The van der Waals surface area contributed by atoms with Crippen molar-refractivity contribution < 1.29 is 19.1 Å². The van der Waals surface area contributed by atoms with E-state index < -0.39 is 0 Å². The van der Waals surface area contributed by atoms with Crippen LogP contribution in [0.15, 0.2) is 42.2 Å². The highest BCUT2D eigenvalue weighted by molar-refractivity contribution is 9.11. The average molecular weight is 726 g/mol. The van der Waals surface area contributed by atoms with Gasteiger partial charge in [-0.2, -0.15) is 0 Å². The van der Waals surface area contributed by atoms with E-state index in [9.17, 15) is 9.59 Å². The van der Waals surface area contributed by atoms with Crippen molar-refractivity contribution >= 4 is 75.5 Å². The van der Waals surface area contributed by atoms with Crippen LogP contribution in [0.1, 0.15) is 36.8 Å². The molecule has 1 aliphatic rings. The third-order valence-corrected chi connectivity index (χ3v) is 7.64. The van der Waals surface area contributed by atoms with Gasteiger partial charge in [0.1, 0.15) is 11.5 Å². The molecule has 2 unspecified atom stereocenters. The molecule has 0 aliphatic heterocycles. The average Bonchev–Trinajstić information content (AvgIpc) is 2.73. The van der Waals surface area contributed by atoms with Crippen molar-refractivity contribution in [1.29, 1.82) is 0 Å². The molecule has 1 fully saturated rings. The van der Waals surface area contributed by atoms with Crippen LogP contribution >= 0.6 is 63.7 Å². The third-order valence-electron chi connectivity index (χ3n) is 5.54. The SMILES string of the molecule is Cc1cc(Br)cc(Br)c1OCC(=O)NC1CCCCC1NC(=O)COc1c(C)cc(Br)cc1Br. The van der Waals surface area contributed by atoms with E-state index >= 15 is 0 Å². The second kappa shape index (κ2) is 12.7. The summed E-state index contributed by atoms with van der Waals surface area (Å²) in [5.74, 6) is 0.842. The van der Waals surface area contributed by atoms with Crippen molar-refractivity contribution in [3.05, 3.63) is 53.3 Å². The number of amides is 2. The first-order valence-electron chi connectivity index (χ1n) is 10.9. The largest absolute Gasteiger partial charge is 0.482 e. The van der Waals surface area contributed by atoms with Gasteiger partial charge in [0.05, 0.1) is 8.95 Å². The van der Waals surface area contributed by atoms with E-state index in [0.717, 1.165) is 54.7 Å². The van der Waals surface area contributed by atoms with Crippen LogP contribution in [0.3, 0.4) is 0 Å². The minimum absolute atomic E-state index is 0.0990. The molecule has 0 spiro atoms. The maximum Gasteiger partial charge on any atom is 0.258 e. The lowest BCUT2D eigenvalue weighted by molar-refractivity contribution is -0.127. The van der Waals surface area contributed by atoms with E-state index in [4.69, 9.17) is 9.47 Å². The lowest BCUT2D eigenvalue weighted by Crippen LogP contribution is -2.54. The second-order valence-electron chi connectivity index (χ2n) is 8.28. The first-order chi connectivity index (χ1) is 16.1. The summed E-state index contributed by atoms with van der Waals surface area (Å²) in [6, 6.07) is 7.32. The number of nitrogens with one attached hydrogen (secondary N) is 2. The molecule has 34 heavy (non-hydrogen) atoms. The van der Waals surface area contributed by atoms with Gasteiger partial charge in [0.25, 0.3) is 11.8 Å².